The van der Waals surface area contributed by atoms with Gasteiger partial charge in [-0.25, -0.2) is 4.52 Å². The molecule has 2 saturated heterocycles. The maximum Gasteiger partial charge on any atom is 0.259 e. The third-order valence-electron chi connectivity index (χ3n) is 5.51. The summed E-state index contributed by atoms with van der Waals surface area (Å²) in [6.45, 7) is 9.20. The maximum absolute atomic E-state index is 13.3. The average Bonchev–Trinajstić information content (AvgIpc) is 2.96. The van der Waals surface area contributed by atoms with Gasteiger partial charge in [-0.15, -0.1) is 12.4 Å². The summed E-state index contributed by atoms with van der Waals surface area (Å²) in [5, 5.41) is 7.97. The van der Waals surface area contributed by atoms with Crippen LogP contribution < -0.4 is 10.9 Å². The summed E-state index contributed by atoms with van der Waals surface area (Å²) in [5.41, 5.74) is 1.95. The standard InChI is InChI=1S/C19H27N5O3.ClH/c1-12-16(18(26)23-8-9-27-19(2,3)11-23)17-21-15(25)10-14(24(17)22-12)13-4-6-20-7-5-13;/h10,13,20H,4-9,11H2,1-3H3,(H,21,25);1H. The van der Waals surface area contributed by atoms with Crippen LogP contribution in [0.15, 0.2) is 10.9 Å². The molecule has 0 aromatic carbocycles. The summed E-state index contributed by atoms with van der Waals surface area (Å²) >= 11 is 0. The molecule has 0 saturated carbocycles. The van der Waals surface area contributed by atoms with Crippen LogP contribution in [-0.2, 0) is 4.74 Å². The molecule has 9 heteroatoms. The lowest BCUT2D eigenvalue weighted by Crippen LogP contribution is -2.50. The molecule has 1 amide bonds. The Kier molecular flexibility index (Phi) is 5.84. The van der Waals surface area contributed by atoms with E-state index in [0.717, 1.165) is 31.6 Å². The molecule has 0 atom stereocenters. The summed E-state index contributed by atoms with van der Waals surface area (Å²) < 4.78 is 7.49. The Labute approximate surface area is 170 Å². The molecule has 0 aliphatic carbocycles. The highest BCUT2D eigenvalue weighted by molar-refractivity contribution is 6.01. The number of aromatic nitrogens is 3. The lowest BCUT2D eigenvalue weighted by atomic mass is 9.94. The molecule has 2 aromatic rings. The molecule has 28 heavy (non-hydrogen) atoms. The Morgan fingerprint density at radius 1 is 1.32 bits per heavy atom. The van der Waals surface area contributed by atoms with Gasteiger partial charge in [0, 0.05) is 25.1 Å². The van der Waals surface area contributed by atoms with Gasteiger partial charge in [0.2, 0.25) is 0 Å². The third kappa shape index (κ3) is 3.81. The number of fused-ring (bicyclic) bond motifs is 1. The number of carbonyl (C=O) groups excluding carboxylic acids is 1. The predicted molar refractivity (Wildman–Crippen MR) is 109 cm³/mol. The zero-order valence-electron chi connectivity index (χ0n) is 16.6. The first-order valence-corrected chi connectivity index (χ1v) is 9.62. The summed E-state index contributed by atoms with van der Waals surface area (Å²) in [6, 6.07) is 1.63. The number of aromatic amines is 1. The van der Waals surface area contributed by atoms with Gasteiger partial charge in [0.25, 0.3) is 11.5 Å². The first kappa shape index (κ1) is 20.8. The number of ether oxygens (including phenoxy) is 1. The summed E-state index contributed by atoms with van der Waals surface area (Å²) in [7, 11) is 0. The monoisotopic (exact) mass is 409 g/mol. The zero-order chi connectivity index (χ0) is 19.2. The highest BCUT2D eigenvalue weighted by atomic mass is 35.5. The van der Waals surface area contributed by atoms with Crippen LogP contribution in [0.4, 0.5) is 0 Å². The topological polar surface area (TPSA) is 91.7 Å². The molecule has 0 bridgehead atoms. The highest BCUT2D eigenvalue weighted by Gasteiger charge is 2.33. The van der Waals surface area contributed by atoms with Gasteiger partial charge >= 0.3 is 0 Å². The fourth-order valence-corrected chi connectivity index (χ4v) is 4.19. The largest absolute Gasteiger partial charge is 0.372 e. The number of nitrogens with zero attached hydrogens (tertiary/aromatic N) is 3. The molecule has 2 aliphatic heterocycles. The number of carbonyl (C=O) groups is 1. The van der Waals surface area contributed by atoms with E-state index in [2.05, 4.69) is 15.4 Å². The summed E-state index contributed by atoms with van der Waals surface area (Å²) in [6.07, 6.45) is 1.91. The number of halogens is 1. The van der Waals surface area contributed by atoms with Gasteiger partial charge in [-0.05, 0) is 46.7 Å². The number of rotatable bonds is 2. The van der Waals surface area contributed by atoms with E-state index in [-0.39, 0.29) is 35.4 Å². The van der Waals surface area contributed by atoms with Crippen LogP contribution in [0.1, 0.15) is 54.4 Å². The van der Waals surface area contributed by atoms with Crippen LogP contribution in [0.3, 0.4) is 0 Å². The number of H-pyrrole nitrogens is 1. The number of amides is 1. The van der Waals surface area contributed by atoms with Crippen molar-refractivity contribution in [3.8, 4) is 0 Å². The van der Waals surface area contributed by atoms with E-state index in [1.54, 1.807) is 15.5 Å². The normalized spacial score (nSPS) is 20.2. The lowest BCUT2D eigenvalue weighted by Gasteiger charge is -2.38. The van der Waals surface area contributed by atoms with E-state index < -0.39 is 0 Å². The van der Waals surface area contributed by atoms with Crippen molar-refractivity contribution in [3.05, 3.63) is 33.4 Å². The van der Waals surface area contributed by atoms with E-state index in [4.69, 9.17) is 4.74 Å². The molecule has 0 unspecified atom stereocenters. The Morgan fingerprint density at radius 3 is 2.71 bits per heavy atom. The van der Waals surface area contributed by atoms with Crippen molar-refractivity contribution in [2.75, 3.05) is 32.8 Å². The number of nitrogens with one attached hydrogen (secondary N) is 2. The Morgan fingerprint density at radius 2 is 2.04 bits per heavy atom. The van der Waals surface area contributed by atoms with Crippen LogP contribution in [0.5, 0.6) is 0 Å². The highest BCUT2D eigenvalue weighted by Crippen LogP contribution is 2.27. The van der Waals surface area contributed by atoms with Gasteiger partial charge < -0.3 is 19.9 Å². The smallest absolute Gasteiger partial charge is 0.259 e. The molecule has 0 radical (unpaired) electrons. The number of piperidine rings is 1. The second-order valence-corrected chi connectivity index (χ2v) is 8.14. The number of hydrogen-bond acceptors (Lipinski definition) is 5. The molecule has 4 heterocycles. The van der Waals surface area contributed by atoms with Crippen LogP contribution in [0.2, 0.25) is 0 Å². The summed E-state index contributed by atoms with van der Waals surface area (Å²) in [4.78, 5) is 30.3. The van der Waals surface area contributed by atoms with Crippen LogP contribution >= 0.6 is 12.4 Å². The molecule has 8 nitrogen and oxygen atoms in total. The second kappa shape index (κ2) is 7.85. The minimum absolute atomic E-state index is 0. The SMILES string of the molecule is Cc1nn2c(C3CCNCC3)cc(=O)[nH]c2c1C(=O)N1CCOC(C)(C)C1.Cl. The van der Waals surface area contributed by atoms with E-state index in [1.807, 2.05) is 20.8 Å². The molecular formula is C19H28ClN5O3. The van der Waals surface area contributed by atoms with Gasteiger partial charge in [-0.3, -0.25) is 9.59 Å². The fourth-order valence-electron chi connectivity index (χ4n) is 4.19. The first-order chi connectivity index (χ1) is 12.9. The van der Waals surface area contributed by atoms with Gasteiger partial charge in [0.15, 0.2) is 0 Å². The van der Waals surface area contributed by atoms with Crippen molar-refractivity contribution in [1.29, 1.82) is 0 Å². The minimum atomic E-state index is -0.377. The van der Waals surface area contributed by atoms with Crippen molar-refractivity contribution in [2.45, 2.75) is 45.1 Å². The van der Waals surface area contributed by atoms with Gasteiger partial charge in [-0.1, -0.05) is 0 Å². The number of hydrogen-bond donors (Lipinski definition) is 2. The molecule has 2 N–H and O–H groups in total. The lowest BCUT2D eigenvalue weighted by molar-refractivity contribution is -0.0763. The van der Waals surface area contributed by atoms with Crippen molar-refractivity contribution < 1.29 is 9.53 Å². The van der Waals surface area contributed by atoms with Crippen LogP contribution in [0, 0.1) is 6.92 Å². The Hall–Kier alpha value is -1.90. The quantitative estimate of drug-likeness (QED) is 0.783. The number of morpholine rings is 1. The molecule has 154 valence electrons. The van der Waals surface area contributed by atoms with Crippen LogP contribution in [-0.4, -0.2) is 63.8 Å². The fraction of sp³-hybridized carbons (Fsp3) is 0.632. The van der Waals surface area contributed by atoms with E-state index >= 15 is 0 Å². The van der Waals surface area contributed by atoms with Crippen molar-refractivity contribution in [1.82, 2.24) is 24.8 Å². The molecular weight excluding hydrogens is 382 g/mol. The predicted octanol–water partition coefficient (Wildman–Crippen LogP) is 1.47. The Balaban J connectivity index is 0.00000225. The molecule has 2 fully saturated rings. The molecule has 4 rings (SSSR count). The van der Waals surface area contributed by atoms with Crippen molar-refractivity contribution in [3.63, 3.8) is 0 Å². The van der Waals surface area contributed by atoms with Gasteiger partial charge in [0.1, 0.15) is 11.2 Å². The van der Waals surface area contributed by atoms with E-state index in [0.29, 0.717) is 36.6 Å². The number of aryl methyl sites for hydroxylation is 1. The zero-order valence-corrected chi connectivity index (χ0v) is 17.4. The minimum Gasteiger partial charge on any atom is -0.372 e. The molecule has 2 aliphatic rings. The molecule has 0 spiro atoms. The first-order valence-electron chi connectivity index (χ1n) is 9.62. The summed E-state index contributed by atoms with van der Waals surface area (Å²) in [5.74, 6) is 0.164. The van der Waals surface area contributed by atoms with Crippen LogP contribution in [0.25, 0.3) is 5.65 Å². The van der Waals surface area contributed by atoms with Gasteiger partial charge in [-0.2, -0.15) is 5.10 Å². The van der Waals surface area contributed by atoms with Crippen molar-refractivity contribution in [2.24, 2.45) is 0 Å². The van der Waals surface area contributed by atoms with E-state index in [9.17, 15) is 9.59 Å². The molecule has 2 aromatic heterocycles. The average molecular weight is 410 g/mol. The van der Waals surface area contributed by atoms with E-state index in [1.165, 1.54) is 0 Å². The Bertz CT molecular complexity index is 930. The van der Waals surface area contributed by atoms with Gasteiger partial charge in [0.05, 0.1) is 23.6 Å². The second-order valence-electron chi connectivity index (χ2n) is 8.14. The maximum atomic E-state index is 13.3. The third-order valence-corrected chi connectivity index (χ3v) is 5.51. The van der Waals surface area contributed by atoms with Crippen molar-refractivity contribution >= 4 is 24.0 Å².